The van der Waals surface area contributed by atoms with Gasteiger partial charge in [0.25, 0.3) is 0 Å². The molecule has 10 heteroatoms. The fourth-order valence-corrected chi connectivity index (χ4v) is 3.21. The molecule has 0 radical (unpaired) electrons. The number of anilines is 1. The van der Waals surface area contributed by atoms with Gasteiger partial charge in [-0.05, 0) is 47.1 Å². The zero-order valence-corrected chi connectivity index (χ0v) is 16.4. The van der Waals surface area contributed by atoms with Crippen molar-refractivity contribution >= 4 is 33.5 Å². The summed E-state index contributed by atoms with van der Waals surface area (Å²) in [7, 11) is 0. The lowest BCUT2D eigenvalue weighted by Crippen LogP contribution is -2.42. The number of amides is 1. The van der Waals surface area contributed by atoms with Crippen molar-refractivity contribution in [3.8, 4) is 5.88 Å². The molecule has 0 aliphatic carbocycles. The number of pyridine rings is 1. The van der Waals surface area contributed by atoms with E-state index in [0.717, 1.165) is 10.5 Å². The van der Waals surface area contributed by atoms with Crippen LogP contribution < -0.4 is 15.8 Å². The molecule has 148 valence electrons. The van der Waals surface area contributed by atoms with Gasteiger partial charge >= 0.3 is 6.09 Å². The number of alkyl halides is 1. The van der Waals surface area contributed by atoms with E-state index in [1.165, 1.54) is 18.3 Å². The minimum atomic E-state index is -1.60. The number of benzene rings is 1. The van der Waals surface area contributed by atoms with E-state index in [2.05, 4.69) is 31.2 Å². The highest BCUT2D eigenvalue weighted by molar-refractivity contribution is 9.10. The van der Waals surface area contributed by atoms with Gasteiger partial charge in [0.15, 0.2) is 0 Å². The minimum absolute atomic E-state index is 0.0488. The van der Waals surface area contributed by atoms with Crippen LogP contribution in [0, 0.1) is 12.7 Å². The third-order valence-electron chi connectivity index (χ3n) is 4.07. The zero-order chi connectivity index (χ0) is 20.3. The standard InChI is InChI=1S/C18H17BrF2N4O3/c1-10-4-11(19)6-23-16(10)28-17(26)24-12-2-3-14(21)13(5-12)18(8-20)9-27-7-15(22)25-18/h2-6H,7-9H2,1H3,(H2,22,25)(H,24,26). The molecule has 2 heterocycles. The molecule has 7 nitrogen and oxygen atoms in total. The Kier molecular flexibility index (Phi) is 5.90. The second-order valence-electron chi connectivity index (χ2n) is 6.25. The number of ether oxygens (including phenoxy) is 2. The number of aromatic nitrogens is 1. The second kappa shape index (κ2) is 8.19. The maximum absolute atomic E-state index is 14.4. The Labute approximate surface area is 168 Å². The van der Waals surface area contributed by atoms with E-state index in [1.54, 1.807) is 13.0 Å². The molecule has 1 aliphatic heterocycles. The maximum atomic E-state index is 14.4. The van der Waals surface area contributed by atoms with Crippen molar-refractivity contribution in [1.82, 2.24) is 4.98 Å². The van der Waals surface area contributed by atoms with Crippen LogP contribution in [-0.2, 0) is 10.3 Å². The molecule has 1 amide bonds. The lowest BCUT2D eigenvalue weighted by Gasteiger charge is -2.31. The normalized spacial score (nSPS) is 19.1. The first-order valence-corrected chi connectivity index (χ1v) is 9.01. The number of amidine groups is 1. The summed E-state index contributed by atoms with van der Waals surface area (Å²) in [5, 5.41) is 2.47. The van der Waals surface area contributed by atoms with Gasteiger partial charge in [0.1, 0.15) is 30.5 Å². The third-order valence-corrected chi connectivity index (χ3v) is 4.50. The average Bonchev–Trinajstić information content (AvgIpc) is 2.65. The summed E-state index contributed by atoms with van der Waals surface area (Å²) in [4.78, 5) is 20.2. The number of halogens is 3. The van der Waals surface area contributed by atoms with Gasteiger partial charge in [-0.3, -0.25) is 10.3 Å². The van der Waals surface area contributed by atoms with Crippen molar-refractivity contribution in [2.45, 2.75) is 12.5 Å². The molecule has 0 bridgehead atoms. The molecule has 3 rings (SSSR count). The summed E-state index contributed by atoms with van der Waals surface area (Å²) in [6, 6.07) is 5.45. The number of hydrogen-bond donors (Lipinski definition) is 2. The molecule has 1 aromatic carbocycles. The van der Waals surface area contributed by atoms with E-state index in [4.69, 9.17) is 15.2 Å². The van der Waals surface area contributed by atoms with Gasteiger partial charge in [0.2, 0.25) is 5.88 Å². The number of nitrogens with two attached hydrogens (primary N) is 1. The lowest BCUT2D eigenvalue weighted by atomic mass is 9.91. The summed E-state index contributed by atoms with van der Waals surface area (Å²) in [6.07, 6.45) is 0.662. The first kappa shape index (κ1) is 20.2. The van der Waals surface area contributed by atoms with Crippen molar-refractivity contribution in [2.24, 2.45) is 10.7 Å². The lowest BCUT2D eigenvalue weighted by molar-refractivity contribution is 0.0809. The highest BCUT2D eigenvalue weighted by Gasteiger charge is 2.38. The first-order valence-electron chi connectivity index (χ1n) is 8.22. The number of nitrogens with zero attached hydrogens (tertiary/aromatic N) is 2. The number of hydrogen-bond acceptors (Lipinski definition) is 6. The van der Waals surface area contributed by atoms with E-state index < -0.39 is 24.1 Å². The predicted molar refractivity (Wildman–Crippen MR) is 103 cm³/mol. The summed E-state index contributed by atoms with van der Waals surface area (Å²) < 4.78 is 39.3. The number of carbonyl (C=O) groups excluding carboxylic acids is 1. The Morgan fingerprint density at radius 3 is 2.93 bits per heavy atom. The van der Waals surface area contributed by atoms with Gasteiger partial charge in [0.05, 0.1) is 6.61 Å². The van der Waals surface area contributed by atoms with Crippen LogP contribution in [0.1, 0.15) is 11.1 Å². The van der Waals surface area contributed by atoms with Crippen molar-refractivity contribution in [3.05, 3.63) is 51.9 Å². The molecule has 1 unspecified atom stereocenters. The van der Waals surface area contributed by atoms with Crippen LogP contribution in [0.2, 0.25) is 0 Å². The largest absolute Gasteiger partial charge is 0.418 e. The van der Waals surface area contributed by atoms with Gasteiger partial charge in [-0.25, -0.2) is 18.6 Å². The van der Waals surface area contributed by atoms with Crippen LogP contribution in [0.3, 0.4) is 0 Å². The molecule has 0 spiro atoms. The van der Waals surface area contributed by atoms with Crippen molar-refractivity contribution in [1.29, 1.82) is 0 Å². The molecule has 1 atom stereocenters. The van der Waals surface area contributed by atoms with Crippen LogP contribution in [-0.4, -0.2) is 36.8 Å². The number of nitrogens with one attached hydrogen (secondary N) is 1. The number of rotatable bonds is 4. The highest BCUT2D eigenvalue weighted by atomic mass is 79.9. The molecule has 3 N–H and O–H groups in total. The Morgan fingerprint density at radius 1 is 1.46 bits per heavy atom. The van der Waals surface area contributed by atoms with Gasteiger partial charge < -0.3 is 15.2 Å². The predicted octanol–water partition coefficient (Wildman–Crippen LogP) is 3.45. The Bertz CT molecular complexity index is 941. The number of aryl methyl sites for hydroxylation is 1. The summed E-state index contributed by atoms with van der Waals surface area (Å²) in [5.41, 5.74) is 4.80. The van der Waals surface area contributed by atoms with Gasteiger partial charge in [-0.15, -0.1) is 0 Å². The van der Waals surface area contributed by atoms with Gasteiger partial charge in [-0.1, -0.05) is 0 Å². The fraction of sp³-hybridized carbons (Fsp3) is 0.278. The maximum Gasteiger partial charge on any atom is 0.418 e. The van der Waals surface area contributed by atoms with Crippen LogP contribution in [0.5, 0.6) is 5.88 Å². The monoisotopic (exact) mass is 454 g/mol. The third kappa shape index (κ3) is 4.28. The summed E-state index contributed by atoms with van der Waals surface area (Å²) in [6.45, 7) is 0.595. The molecule has 0 saturated carbocycles. The summed E-state index contributed by atoms with van der Waals surface area (Å²) in [5.74, 6) is -0.497. The zero-order valence-electron chi connectivity index (χ0n) is 14.8. The quantitative estimate of drug-likeness (QED) is 0.736. The van der Waals surface area contributed by atoms with Crippen LogP contribution in [0.15, 0.2) is 39.9 Å². The Morgan fingerprint density at radius 2 is 2.25 bits per heavy atom. The molecule has 1 aromatic heterocycles. The molecule has 2 aromatic rings. The van der Waals surface area contributed by atoms with E-state index in [0.29, 0.717) is 5.56 Å². The fourth-order valence-electron chi connectivity index (χ4n) is 2.77. The van der Waals surface area contributed by atoms with E-state index in [1.807, 2.05) is 0 Å². The average molecular weight is 455 g/mol. The molecule has 0 saturated heterocycles. The second-order valence-corrected chi connectivity index (χ2v) is 7.16. The Balaban J connectivity index is 1.83. The van der Waals surface area contributed by atoms with Crippen molar-refractivity contribution in [2.75, 3.05) is 25.2 Å². The summed E-state index contributed by atoms with van der Waals surface area (Å²) >= 11 is 3.27. The van der Waals surface area contributed by atoms with Crippen LogP contribution in [0.25, 0.3) is 0 Å². The van der Waals surface area contributed by atoms with Crippen molar-refractivity contribution in [3.63, 3.8) is 0 Å². The van der Waals surface area contributed by atoms with Crippen LogP contribution >= 0.6 is 15.9 Å². The number of carbonyl (C=O) groups is 1. The van der Waals surface area contributed by atoms with Gasteiger partial charge in [0, 0.05) is 27.5 Å². The number of aliphatic imine (C=N–C) groups is 1. The first-order chi connectivity index (χ1) is 13.3. The van der Waals surface area contributed by atoms with E-state index in [9.17, 15) is 13.6 Å². The molecule has 1 aliphatic rings. The smallest absolute Gasteiger partial charge is 0.391 e. The van der Waals surface area contributed by atoms with Crippen LogP contribution in [0.4, 0.5) is 19.3 Å². The van der Waals surface area contributed by atoms with E-state index in [-0.39, 0.29) is 36.2 Å². The highest BCUT2D eigenvalue weighted by Crippen LogP contribution is 2.33. The minimum Gasteiger partial charge on any atom is -0.391 e. The van der Waals surface area contributed by atoms with E-state index >= 15 is 0 Å². The Hall–Kier alpha value is -2.59. The van der Waals surface area contributed by atoms with Crippen molar-refractivity contribution < 1.29 is 23.0 Å². The topological polar surface area (TPSA) is 98.8 Å². The molecular formula is C18H17BrF2N4O3. The molecule has 28 heavy (non-hydrogen) atoms. The SMILES string of the molecule is Cc1cc(Br)cnc1OC(=O)Nc1ccc(F)c(C2(CF)COCC(N)=N2)c1. The molecule has 0 fully saturated rings. The molecular weight excluding hydrogens is 438 g/mol. The van der Waals surface area contributed by atoms with Gasteiger partial charge in [-0.2, -0.15) is 0 Å².